The standard InChI is InChI=1S/C10H12N4OS2/c1-3-7-12-10(17-14-7)16-9-6(11)4-5-8(13-9)15-2/h4-5H,3,11H2,1-2H3. The number of hydrogen-bond acceptors (Lipinski definition) is 7. The molecule has 0 aliphatic carbocycles. The zero-order valence-corrected chi connectivity index (χ0v) is 11.1. The van der Waals surface area contributed by atoms with E-state index >= 15 is 0 Å². The van der Waals surface area contributed by atoms with Crippen molar-refractivity contribution in [3.8, 4) is 5.88 Å². The van der Waals surface area contributed by atoms with Crippen molar-refractivity contribution in [3.63, 3.8) is 0 Å². The van der Waals surface area contributed by atoms with E-state index in [2.05, 4.69) is 14.3 Å². The molecule has 0 aliphatic rings. The van der Waals surface area contributed by atoms with Crippen molar-refractivity contribution in [2.24, 2.45) is 0 Å². The Morgan fingerprint density at radius 3 is 2.88 bits per heavy atom. The highest BCUT2D eigenvalue weighted by atomic mass is 32.2. The highest BCUT2D eigenvalue weighted by Crippen LogP contribution is 2.32. The van der Waals surface area contributed by atoms with Gasteiger partial charge in [0.05, 0.1) is 12.8 Å². The molecule has 0 saturated carbocycles. The molecule has 17 heavy (non-hydrogen) atoms. The molecule has 0 atom stereocenters. The van der Waals surface area contributed by atoms with E-state index in [1.54, 1.807) is 19.2 Å². The summed E-state index contributed by atoms with van der Waals surface area (Å²) in [6.45, 7) is 2.02. The molecule has 5 nitrogen and oxygen atoms in total. The van der Waals surface area contributed by atoms with Crippen molar-refractivity contribution in [1.82, 2.24) is 14.3 Å². The van der Waals surface area contributed by atoms with E-state index in [1.165, 1.54) is 23.3 Å². The molecule has 2 aromatic heterocycles. The van der Waals surface area contributed by atoms with Crippen molar-refractivity contribution in [2.45, 2.75) is 22.7 Å². The van der Waals surface area contributed by atoms with Crippen molar-refractivity contribution < 1.29 is 4.74 Å². The lowest BCUT2D eigenvalue weighted by Gasteiger charge is -2.04. The van der Waals surface area contributed by atoms with E-state index < -0.39 is 0 Å². The monoisotopic (exact) mass is 268 g/mol. The third kappa shape index (κ3) is 2.86. The van der Waals surface area contributed by atoms with E-state index in [0.29, 0.717) is 16.6 Å². The van der Waals surface area contributed by atoms with Gasteiger partial charge in [-0.05, 0) is 29.4 Å². The molecule has 7 heteroatoms. The second kappa shape index (κ2) is 5.33. The van der Waals surface area contributed by atoms with Gasteiger partial charge in [0.25, 0.3) is 0 Å². The summed E-state index contributed by atoms with van der Waals surface area (Å²) in [6.07, 6.45) is 0.831. The van der Waals surface area contributed by atoms with Gasteiger partial charge in [0, 0.05) is 12.5 Å². The Labute approximate surface area is 108 Å². The van der Waals surface area contributed by atoms with Crippen molar-refractivity contribution in [2.75, 3.05) is 12.8 Å². The van der Waals surface area contributed by atoms with Crippen LogP contribution in [-0.4, -0.2) is 21.5 Å². The van der Waals surface area contributed by atoms with Crippen LogP contribution in [0.2, 0.25) is 0 Å². The van der Waals surface area contributed by atoms with Crippen LogP contribution in [0.5, 0.6) is 5.88 Å². The Hall–Kier alpha value is -1.34. The Morgan fingerprint density at radius 2 is 2.24 bits per heavy atom. The van der Waals surface area contributed by atoms with Gasteiger partial charge < -0.3 is 10.5 Å². The number of aryl methyl sites for hydroxylation is 1. The second-order valence-corrected chi connectivity index (χ2v) is 5.17. The average Bonchev–Trinajstić information content (AvgIpc) is 2.80. The second-order valence-electron chi connectivity index (χ2n) is 3.18. The molecule has 0 radical (unpaired) electrons. The van der Waals surface area contributed by atoms with Gasteiger partial charge >= 0.3 is 0 Å². The van der Waals surface area contributed by atoms with Crippen molar-refractivity contribution >= 4 is 29.0 Å². The summed E-state index contributed by atoms with van der Waals surface area (Å²) in [5, 5.41) is 0.697. The first kappa shape index (κ1) is 12.1. The van der Waals surface area contributed by atoms with Gasteiger partial charge in [-0.15, -0.1) is 0 Å². The fourth-order valence-electron chi connectivity index (χ4n) is 1.14. The zero-order valence-electron chi connectivity index (χ0n) is 9.51. The topological polar surface area (TPSA) is 73.9 Å². The summed E-state index contributed by atoms with van der Waals surface area (Å²) >= 11 is 2.77. The Kier molecular flexibility index (Phi) is 3.80. The molecule has 0 aromatic carbocycles. The molecule has 0 fully saturated rings. The van der Waals surface area contributed by atoms with Crippen LogP contribution >= 0.6 is 23.3 Å². The summed E-state index contributed by atoms with van der Waals surface area (Å²) in [5.74, 6) is 1.39. The van der Waals surface area contributed by atoms with E-state index in [1.807, 2.05) is 6.92 Å². The van der Waals surface area contributed by atoms with Crippen LogP contribution in [-0.2, 0) is 6.42 Å². The number of aromatic nitrogens is 3. The summed E-state index contributed by atoms with van der Waals surface area (Å²) in [7, 11) is 1.58. The molecule has 0 bridgehead atoms. The lowest BCUT2D eigenvalue weighted by Crippen LogP contribution is -1.94. The van der Waals surface area contributed by atoms with Gasteiger partial charge in [-0.1, -0.05) is 6.92 Å². The van der Waals surface area contributed by atoms with Gasteiger partial charge in [-0.2, -0.15) is 4.37 Å². The fourth-order valence-corrected chi connectivity index (χ4v) is 2.77. The van der Waals surface area contributed by atoms with Crippen molar-refractivity contribution in [1.29, 1.82) is 0 Å². The maximum absolute atomic E-state index is 5.85. The molecule has 0 aliphatic heterocycles. The predicted molar refractivity (Wildman–Crippen MR) is 68.6 cm³/mol. The van der Waals surface area contributed by atoms with Crippen molar-refractivity contribution in [3.05, 3.63) is 18.0 Å². The quantitative estimate of drug-likeness (QED) is 0.916. The number of methoxy groups -OCH3 is 1. The van der Waals surface area contributed by atoms with Crippen LogP contribution in [0.3, 0.4) is 0 Å². The molecular formula is C10H12N4OS2. The lowest BCUT2D eigenvalue weighted by molar-refractivity contribution is 0.395. The zero-order chi connectivity index (χ0) is 12.3. The number of anilines is 1. The number of rotatable bonds is 4. The molecule has 0 amide bonds. The first-order chi connectivity index (χ1) is 8.22. The number of hydrogen-bond donors (Lipinski definition) is 1. The largest absolute Gasteiger partial charge is 0.481 e. The van der Waals surface area contributed by atoms with Crippen LogP contribution < -0.4 is 10.5 Å². The summed E-state index contributed by atoms with van der Waals surface area (Å²) in [5.41, 5.74) is 6.46. The maximum atomic E-state index is 5.85. The van der Waals surface area contributed by atoms with Gasteiger partial charge in [-0.3, -0.25) is 0 Å². The number of nitrogens with two attached hydrogens (primary N) is 1. The SMILES string of the molecule is CCc1nsc(Sc2nc(OC)ccc2N)n1. The molecule has 2 heterocycles. The maximum Gasteiger partial charge on any atom is 0.214 e. The third-order valence-electron chi connectivity index (χ3n) is 2.02. The Bertz CT molecular complexity index is 515. The minimum atomic E-state index is 0.543. The number of pyridine rings is 1. The van der Waals surface area contributed by atoms with Crippen LogP contribution in [0.25, 0.3) is 0 Å². The number of nitrogen functional groups attached to an aromatic ring is 1. The lowest BCUT2D eigenvalue weighted by atomic mass is 10.4. The van der Waals surface area contributed by atoms with E-state index in [0.717, 1.165) is 16.6 Å². The molecule has 0 spiro atoms. The van der Waals surface area contributed by atoms with E-state index in [-0.39, 0.29) is 0 Å². The predicted octanol–water partition coefficient (Wildman–Crippen LogP) is 2.24. The van der Waals surface area contributed by atoms with E-state index in [4.69, 9.17) is 10.5 Å². The average molecular weight is 268 g/mol. The molecular weight excluding hydrogens is 256 g/mol. The van der Waals surface area contributed by atoms with Crippen LogP contribution in [0.15, 0.2) is 21.5 Å². The Morgan fingerprint density at radius 1 is 1.41 bits per heavy atom. The van der Waals surface area contributed by atoms with Crippen LogP contribution in [0, 0.1) is 0 Å². The molecule has 0 saturated heterocycles. The molecule has 2 rings (SSSR count). The summed E-state index contributed by atoms with van der Waals surface area (Å²) < 4.78 is 10.1. The fraction of sp³-hybridized carbons (Fsp3) is 0.300. The van der Waals surface area contributed by atoms with Gasteiger partial charge in [0.15, 0.2) is 4.34 Å². The first-order valence-electron chi connectivity index (χ1n) is 5.04. The molecule has 90 valence electrons. The molecule has 0 unspecified atom stereocenters. The van der Waals surface area contributed by atoms with Crippen LogP contribution in [0.1, 0.15) is 12.7 Å². The third-order valence-corrected chi connectivity index (χ3v) is 3.83. The number of nitrogens with zero attached hydrogens (tertiary/aromatic N) is 3. The summed E-state index contributed by atoms with van der Waals surface area (Å²) in [4.78, 5) is 8.63. The van der Waals surface area contributed by atoms with Gasteiger partial charge in [0.2, 0.25) is 5.88 Å². The Balaban J connectivity index is 2.22. The normalized spacial score (nSPS) is 10.5. The highest BCUT2D eigenvalue weighted by molar-refractivity contribution is 8.01. The van der Waals surface area contributed by atoms with Gasteiger partial charge in [-0.25, -0.2) is 9.97 Å². The first-order valence-corrected chi connectivity index (χ1v) is 6.63. The van der Waals surface area contributed by atoms with Crippen LogP contribution in [0.4, 0.5) is 5.69 Å². The highest BCUT2D eigenvalue weighted by Gasteiger charge is 2.09. The smallest absolute Gasteiger partial charge is 0.214 e. The summed E-state index contributed by atoms with van der Waals surface area (Å²) in [6, 6.07) is 3.51. The molecule has 2 N–H and O–H groups in total. The van der Waals surface area contributed by atoms with E-state index in [9.17, 15) is 0 Å². The van der Waals surface area contributed by atoms with Gasteiger partial charge in [0.1, 0.15) is 10.9 Å². The number of ether oxygens (including phenoxy) is 1. The molecule has 2 aromatic rings. The minimum absolute atomic E-state index is 0.543. The minimum Gasteiger partial charge on any atom is -0.481 e.